The number of hydrogen-bond acceptors (Lipinski definition) is 8. The molecule has 1 aromatic carbocycles. The van der Waals surface area contributed by atoms with Crippen molar-refractivity contribution in [3.63, 3.8) is 0 Å². The van der Waals surface area contributed by atoms with Gasteiger partial charge in [0.1, 0.15) is 9.92 Å². The van der Waals surface area contributed by atoms with Gasteiger partial charge >= 0.3 is 0 Å². The number of allylic oxidation sites excluding steroid dienone is 3. The first-order valence-corrected chi connectivity index (χ1v) is 13.8. The van der Waals surface area contributed by atoms with E-state index in [1.807, 2.05) is 0 Å². The minimum atomic E-state index is -3.65. The molecule has 1 fully saturated rings. The number of nitrogens with one attached hydrogen (secondary N) is 2. The van der Waals surface area contributed by atoms with Crippen LogP contribution < -0.4 is 10.6 Å². The highest BCUT2D eigenvalue weighted by Crippen LogP contribution is 2.31. The zero-order valence-corrected chi connectivity index (χ0v) is 22.8. The van der Waals surface area contributed by atoms with E-state index in [-0.39, 0.29) is 9.92 Å². The minimum absolute atomic E-state index is 0.140. The molecule has 2 N–H and O–H groups in total. The summed E-state index contributed by atoms with van der Waals surface area (Å²) >= 11 is 6.36. The second kappa shape index (κ2) is 11.3. The molecule has 0 bridgehead atoms. The van der Waals surface area contributed by atoms with Gasteiger partial charge in [-0.3, -0.25) is 4.90 Å². The van der Waals surface area contributed by atoms with Gasteiger partial charge in [-0.25, -0.2) is 17.7 Å². The standard InChI is InChI=1S/C25H34ClN7O2S/c1-18-15-19(17-33-13-11-32(4)12-14-33)9-10-21(18)29-25-27-16-20(26)24(30-25)28-22-7-5-6-8-23(22)36(34,35)31(2)3/h5-10,16,18H,11-15,17H2,1-4H3,(H2,27,28,29,30). The molecule has 1 aromatic heterocycles. The maximum absolute atomic E-state index is 12.8. The van der Waals surface area contributed by atoms with Crippen LogP contribution in [0.2, 0.25) is 5.02 Å². The minimum Gasteiger partial charge on any atom is -0.338 e. The van der Waals surface area contributed by atoms with Crippen molar-refractivity contribution in [3.8, 4) is 0 Å². The average Bonchev–Trinajstić information content (AvgIpc) is 2.84. The largest absolute Gasteiger partial charge is 0.338 e. The van der Waals surface area contributed by atoms with E-state index in [0.717, 1.165) is 44.8 Å². The van der Waals surface area contributed by atoms with Gasteiger partial charge in [-0.15, -0.1) is 0 Å². The molecule has 2 heterocycles. The second-order valence-corrected chi connectivity index (χ2v) is 12.1. The van der Waals surface area contributed by atoms with Gasteiger partial charge in [0, 0.05) is 58.4 Å². The van der Waals surface area contributed by atoms with Crippen molar-refractivity contribution in [2.75, 3.05) is 64.5 Å². The van der Waals surface area contributed by atoms with Crippen molar-refractivity contribution in [1.82, 2.24) is 24.1 Å². The van der Waals surface area contributed by atoms with E-state index in [0.29, 0.717) is 23.4 Å². The number of anilines is 3. The quantitative estimate of drug-likeness (QED) is 0.533. The van der Waals surface area contributed by atoms with E-state index in [1.54, 1.807) is 24.3 Å². The number of sulfonamides is 1. The molecule has 1 atom stereocenters. The fraction of sp³-hybridized carbons (Fsp3) is 0.440. The van der Waals surface area contributed by atoms with E-state index in [4.69, 9.17) is 11.6 Å². The van der Waals surface area contributed by atoms with Crippen molar-refractivity contribution >= 4 is 39.1 Å². The summed E-state index contributed by atoms with van der Waals surface area (Å²) in [7, 11) is 1.51. The summed E-state index contributed by atoms with van der Waals surface area (Å²) < 4.78 is 26.7. The van der Waals surface area contributed by atoms with Gasteiger partial charge in [0.05, 0.1) is 11.9 Å². The number of benzene rings is 1. The summed E-state index contributed by atoms with van der Waals surface area (Å²) in [5, 5.41) is 6.69. The monoisotopic (exact) mass is 531 g/mol. The first-order chi connectivity index (χ1) is 17.1. The van der Waals surface area contributed by atoms with Crippen molar-refractivity contribution in [3.05, 3.63) is 58.9 Å². The molecule has 194 valence electrons. The smallest absolute Gasteiger partial charge is 0.244 e. The Morgan fingerprint density at radius 2 is 1.83 bits per heavy atom. The maximum atomic E-state index is 12.8. The Balaban J connectivity index is 1.49. The topological polar surface area (TPSA) is 93.7 Å². The molecule has 0 radical (unpaired) electrons. The number of nitrogens with zero attached hydrogens (tertiary/aromatic N) is 5. The predicted molar refractivity (Wildman–Crippen MR) is 145 cm³/mol. The lowest BCUT2D eigenvalue weighted by molar-refractivity contribution is 0.162. The number of piperazine rings is 1. The van der Waals surface area contributed by atoms with Crippen LogP contribution in [0.1, 0.15) is 13.3 Å². The third kappa shape index (κ3) is 6.24. The molecule has 36 heavy (non-hydrogen) atoms. The van der Waals surface area contributed by atoms with E-state index < -0.39 is 10.0 Å². The highest BCUT2D eigenvalue weighted by Gasteiger charge is 2.23. The Labute approximate surface area is 218 Å². The molecule has 4 rings (SSSR count). The van der Waals surface area contributed by atoms with Gasteiger partial charge in [-0.1, -0.05) is 42.3 Å². The fourth-order valence-corrected chi connectivity index (χ4v) is 5.46. The summed E-state index contributed by atoms with van der Waals surface area (Å²) in [6.07, 6.45) is 6.77. The van der Waals surface area contributed by atoms with E-state index in [2.05, 4.69) is 56.5 Å². The molecule has 0 spiro atoms. The highest BCUT2D eigenvalue weighted by atomic mass is 35.5. The molecule has 9 nitrogen and oxygen atoms in total. The molecule has 1 aliphatic carbocycles. The van der Waals surface area contributed by atoms with E-state index in [1.165, 1.54) is 30.2 Å². The Morgan fingerprint density at radius 3 is 2.53 bits per heavy atom. The molecule has 11 heteroatoms. The Bertz CT molecular complexity index is 1250. The summed E-state index contributed by atoms with van der Waals surface area (Å²) in [6.45, 7) is 7.62. The third-order valence-electron chi connectivity index (χ3n) is 6.52. The van der Waals surface area contributed by atoms with Gasteiger partial charge in [-0.05, 0) is 31.7 Å². The van der Waals surface area contributed by atoms with Gasteiger partial charge < -0.3 is 15.5 Å². The van der Waals surface area contributed by atoms with Gasteiger partial charge in [0.25, 0.3) is 0 Å². The van der Waals surface area contributed by atoms with Crippen LogP contribution in [0.3, 0.4) is 0 Å². The molecule has 1 saturated heterocycles. The molecule has 2 aliphatic rings. The number of halogens is 1. The van der Waals surface area contributed by atoms with Crippen molar-refractivity contribution in [1.29, 1.82) is 0 Å². The average molecular weight is 532 g/mol. The van der Waals surface area contributed by atoms with E-state index in [9.17, 15) is 8.42 Å². The lowest BCUT2D eigenvalue weighted by Gasteiger charge is -2.34. The lowest BCUT2D eigenvalue weighted by atomic mass is 9.92. The highest BCUT2D eigenvalue weighted by molar-refractivity contribution is 7.89. The predicted octanol–water partition coefficient (Wildman–Crippen LogP) is 3.63. The SMILES string of the molecule is CC1CC(CN2CCN(C)CC2)=CC=C1Nc1ncc(Cl)c(Nc2ccccc2S(=O)(=O)N(C)C)n1. The van der Waals surface area contributed by atoms with Gasteiger partial charge in [0.15, 0.2) is 5.82 Å². The van der Waals surface area contributed by atoms with Crippen LogP contribution in [-0.4, -0.2) is 86.4 Å². The summed E-state index contributed by atoms with van der Waals surface area (Å²) in [4.78, 5) is 13.9. The van der Waals surface area contributed by atoms with Crippen molar-refractivity contribution < 1.29 is 8.42 Å². The number of para-hydroxylation sites is 1. The molecule has 2 aromatic rings. The van der Waals surface area contributed by atoms with Crippen LogP contribution in [0.5, 0.6) is 0 Å². The van der Waals surface area contributed by atoms with Crippen molar-refractivity contribution in [2.24, 2.45) is 5.92 Å². The number of hydrogen-bond donors (Lipinski definition) is 2. The Hall–Kier alpha value is -2.50. The van der Waals surface area contributed by atoms with Crippen LogP contribution in [-0.2, 0) is 10.0 Å². The Morgan fingerprint density at radius 1 is 1.11 bits per heavy atom. The molecular weight excluding hydrogens is 498 g/mol. The summed E-state index contributed by atoms with van der Waals surface area (Å²) in [6, 6.07) is 6.66. The maximum Gasteiger partial charge on any atom is 0.244 e. The number of rotatable bonds is 8. The zero-order chi connectivity index (χ0) is 25.9. The van der Waals surface area contributed by atoms with Gasteiger partial charge in [0.2, 0.25) is 16.0 Å². The molecular formula is C25H34ClN7O2S. The van der Waals surface area contributed by atoms with Crippen LogP contribution in [0.4, 0.5) is 17.5 Å². The van der Waals surface area contributed by atoms with Gasteiger partial charge in [-0.2, -0.15) is 4.98 Å². The number of aromatic nitrogens is 2. The molecule has 1 aliphatic heterocycles. The van der Waals surface area contributed by atoms with Crippen LogP contribution in [0.15, 0.2) is 58.8 Å². The zero-order valence-electron chi connectivity index (χ0n) is 21.2. The third-order valence-corrected chi connectivity index (χ3v) is 8.67. The van der Waals surface area contributed by atoms with Crippen molar-refractivity contribution in [2.45, 2.75) is 18.2 Å². The fourth-order valence-electron chi connectivity index (χ4n) is 4.28. The number of likely N-dealkylation sites (N-methyl/N-ethyl adjacent to an activating group) is 1. The Kier molecular flexibility index (Phi) is 8.31. The summed E-state index contributed by atoms with van der Waals surface area (Å²) in [5.41, 5.74) is 2.84. The van der Waals surface area contributed by atoms with E-state index >= 15 is 0 Å². The first-order valence-electron chi connectivity index (χ1n) is 12.0. The first kappa shape index (κ1) is 26.6. The summed E-state index contributed by atoms with van der Waals surface area (Å²) in [5.74, 6) is 1.01. The molecule has 0 amide bonds. The second-order valence-electron chi connectivity index (χ2n) is 9.56. The normalized spacial score (nSPS) is 19.7. The lowest BCUT2D eigenvalue weighted by Crippen LogP contribution is -2.45. The van der Waals surface area contributed by atoms with Crippen LogP contribution >= 0.6 is 11.6 Å². The van der Waals surface area contributed by atoms with Crippen LogP contribution in [0, 0.1) is 5.92 Å². The molecule has 1 unspecified atom stereocenters. The molecule has 0 saturated carbocycles. The van der Waals surface area contributed by atoms with Crippen LogP contribution in [0.25, 0.3) is 0 Å².